The van der Waals surface area contributed by atoms with Crippen LogP contribution in [0.15, 0.2) is 24.3 Å². The van der Waals surface area contributed by atoms with Gasteiger partial charge < -0.3 is 21.1 Å². The maximum absolute atomic E-state index is 12.0. The van der Waals surface area contributed by atoms with Crippen LogP contribution in [-0.4, -0.2) is 24.3 Å². The molecule has 21 heavy (non-hydrogen) atoms. The molecule has 0 saturated carbocycles. The number of ether oxygens (including phenoxy) is 1. The number of hydrogen-bond donors (Lipinski definition) is 4. The van der Waals surface area contributed by atoms with Crippen LogP contribution in [0, 0.1) is 5.41 Å². The minimum atomic E-state index is -4.76. The minimum absolute atomic E-state index is 0.179. The molecule has 0 spiro atoms. The van der Waals surface area contributed by atoms with Crippen molar-refractivity contribution in [2.75, 3.05) is 5.32 Å². The topological polar surface area (TPSA) is 100 Å². The number of benzene rings is 1. The number of rotatable bonds is 5. The number of halogens is 3. The quantitative estimate of drug-likeness (QED) is 0.496. The Balaban J connectivity index is 2.59. The molecule has 0 saturated heterocycles. The van der Waals surface area contributed by atoms with Crippen molar-refractivity contribution in [2.45, 2.75) is 25.7 Å². The Morgan fingerprint density at radius 3 is 2.38 bits per heavy atom. The first-order valence-electron chi connectivity index (χ1n) is 5.98. The summed E-state index contributed by atoms with van der Waals surface area (Å²) in [6.45, 7) is 1.75. The molecule has 0 aliphatic heterocycles. The second-order valence-electron chi connectivity index (χ2n) is 4.09. The highest BCUT2D eigenvalue weighted by molar-refractivity contribution is 5.93. The Morgan fingerprint density at radius 1 is 1.38 bits per heavy atom. The maximum Gasteiger partial charge on any atom is 0.573 e. The first kappa shape index (κ1) is 16.6. The van der Waals surface area contributed by atoms with Gasteiger partial charge in [-0.05, 0) is 30.7 Å². The Hall–Kier alpha value is -2.45. The van der Waals surface area contributed by atoms with E-state index in [0.29, 0.717) is 6.42 Å². The molecule has 1 unspecified atom stereocenters. The van der Waals surface area contributed by atoms with E-state index in [4.69, 9.17) is 11.1 Å². The van der Waals surface area contributed by atoms with Gasteiger partial charge in [-0.3, -0.25) is 5.41 Å². The molecule has 0 aliphatic carbocycles. The van der Waals surface area contributed by atoms with Crippen LogP contribution in [0.1, 0.15) is 13.3 Å². The van der Waals surface area contributed by atoms with E-state index in [1.165, 1.54) is 12.1 Å². The molecular formula is C12H15F3N4O2. The number of nitrogens with one attached hydrogen (secondary N) is 3. The zero-order valence-electron chi connectivity index (χ0n) is 11.1. The largest absolute Gasteiger partial charge is 0.573 e. The van der Waals surface area contributed by atoms with E-state index in [9.17, 15) is 18.0 Å². The van der Waals surface area contributed by atoms with Crippen LogP contribution in [0.4, 0.5) is 23.7 Å². The summed E-state index contributed by atoms with van der Waals surface area (Å²) in [7, 11) is 0. The molecule has 0 aliphatic rings. The number of nitrogens with two attached hydrogens (primary N) is 1. The molecule has 1 atom stereocenters. The third-order valence-electron chi connectivity index (χ3n) is 2.43. The highest BCUT2D eigenvalue weighted by Crippen LogP contribution is 2.23. The van der Waals surface area contributed by atoms with E-state index in [1.807, 2.05) is 0 Å². The van der Waals surface area contributed by atoms with Gasteiger partial charge in [0.25, 0.3) is 0 Å². The molecule has 5 N–H and O–H groups in total. The number of hydrogen-bond acceptors (Lipinski definition) is 3. The van der Waals surface area contributed by atoms with Gasteiger partial charge in [-0.25, -0.2) is 4.79 Å². The number of carbonyl (C=O) groups is 1. The molecule has 1 aromatic carbocycles. The highest BCUT2D eigenvalue weighted by Gasteiger charge is 2.30. The van der Waals surface area contributed by atoms with E-state index in [-0.39, 0.29) is 17.3 Å². The molecule has 2 amide bonds. The van der Waals surface area contributed by atoms with Crippen molar-refractivity contribution < 1.29 is 22.7 Å². The van der Waals surface area contributed by atoms with Crippen molar-refractivity contribution in [3.05, 3.63) is 24.3 Å². The Labute approximate surface area is 119 Å². The standard InChI is InChI=1S/C12H15F3N4O2/c1-2-9(10(16)17)19-11(20)18-7-3-5-8(6-4-7)21-12(13,14)15/h3-6,9H,2H2,1H3,(H3,16,17)(H2,18,19,20). The van der Waals surface area contributed by atoms with E-state index in [2.05, 4.69) is 15.4 Å². The van der Waals surface area contributed by atoms with E-state index in [1.54, 1.807) is 6.92 Å². The van der Waals surface area contributed by atoms with Gasteiger partial charge in [0.15, 0.2) is 0 Å². The number of amides is 2. The van der Waals surface area contributed by atoms with Crippen molar-refractivity contribution in [3.63, 3.8) is 0 Å². The minimum Gasteiger partial charge on any atom is -0.406 e. The van der Waals surface area contributed by atoms with Gasteiger partial charge in [0.05, 0.1) is 6.04 Å². The normalized spacial score (nSPS) is 12.4. The molecule has 1 rings (SSSR count). The Kier molecular flexibility index (Phi) is 5.39. The van der Waals surface area contributed by atoms with Gasteiger partial charge in [-0.1, -0.05) is 6.92 Å². The molecule has 9 heteroatoms. The fourth-order valence-corrected chi connectivity index (χ4v) is 1.47. The third kappa shape index (κ3) is 6.02. The lowest BCUT2D eigenvalue weighted by molar-refractivity contribution is -0.274. The fourth-order valence-electron chi connectivity index (χ4n) is 1.47. The van der Waals surface area contributed by atoms with Gasteiger partial charge in [0.1, 0.15) is 11.6 Å². The van der Waals surface area contributed by atoms with Gasteiger partial charge >= 0.3 is 12.4 Å². The van der Waals surface area contributed by atoms with Crippen LogP contribution in [0.2, 0.25) is 0 Å². The lowest BCUT2D eigenvalue weighted by Crippen LogP contribution is -2.45. The van der Waals surface area contributed by atoms with E-state index in [0.717, 1.165) is 12.1 Å². The van der Waals surface area contributed by atoms with Crippen molar-refractivity contribution in [3.8, 4) is 5.75 Å². The average Bonchev–Trinajstić information content (AvgIpc) is 2.36. The molecule has 0 heterocycles. The molecule has 6 nitrogen and oxygen atoms in total. The van der Waals surface area contributed by atoms with Gasteiger partial charge in [0, 0.05) is 5.69 Å². The summed E-state index contributed by atoms with van der Waals surface area (Å²) in [6.07, 6.45) is -4.32. The predicted octanol–water partition coefficient (Wildman–Crippen LogP) is 2.42. The van der Waals surface area contributed by atoms with Crippen LogP contribution in [0.5, 0.6) is 5.75 Å². The summed E-state index contributed by atoms with van der Waals surface area (Å²) >= 11 is 0. The Morgan fingerprint density at radius 2 is 1.95 bits per heavy atom. The second kappa shape index (κ2) is 6.82. The summed E-state index contributed by atoms with van der Waals surface area (Å²) in [5.74, 6) is -0.565. The molecular weight excluding hydrogens is 289 g/mol. The van der Waals surface area contributed by atoms with Crippen molar-refractivity contribution in [1.82, 2.24) is 5.32 Å². The monoisotopic (exact) mass is 304 g/mol. The van der Waals surface area contributed by atoms with Crippen LogP contribution >= 0.6 is 0 Å². The zero-order valence-corrected chi connectivity index (χ0v) is 11.1. The maximum atomic E-state index is 12.0. The summed E-state index contributed by atoms with van der Waals surface area (Å²) in [4.78, 5) is 11.6. The molecule has 0 radical (unpaired) electrons. The molecule has 0 bridgehead atoms. The summed E-state index contributed by atoms with van der Waals surface area (Å²) < 4.78 is 39.6. The zero-order chi connectivity index (χ0) is 16.0. The summed E-state index contributed by atoms with van der Waals surface area (Å²) in [5, 5.41) is 12.1. The number of amidine groups is 1. The van der Waals surface area contributed by atoms with E-state index < -0.39 is 18.4 Å². The number of carbonyl (C=O) groups excluding carboxylic acids is 1. The highest BCUT2D eigenvalue weighted by atomic mass is 19.4. The SMILES string of the molecule is CCC(NC(=O)Nc1ccc(OC(F)(F)F)cc1)C(=N)N. The number of anilines is 1. The smallest absolute Gasteiger partial charge is 0.406 e. The Bertz CT molecular complexity index is 502. The number of alkyl halides is 3. The first-order valence-corrected chi connectivity index (χ1v) is 5.98. The van der Waals surface area contributed by atoms with Gasteiger partial charge in [-0.15, -0.1) is 13.2 Å². The van der Waals surface area contributed by atoms with E-state index >= 15 is 0 Å². The van der Waals surface area contributed by atoms with Crippen LogP contribution in [0.25, 0.3) is 0 Å². The molecule has 1 aromatic rings. The molecule has 0 aromatic heterocycles. The second-order valence-corrected chi connectivity index (χ2v) is 4.09. The average molecular weight is 304 g/mol. The van der Waals surface area contributed by atoms with Crippen molar-refractivity contribution in [2.24, 2.45) is 5.73 Å². The van der Waals surface area contributed by atoms with Gasteiger partial charge in [0.2, 0.25) is 0 Å². The first-order chi connectivity index (χ1) is 9.71. The number of urea groups is 1. The van der Waals surface area contributed by atoms with Crippen LogP contribution in [0.3, 0.4) is 0 Å². The van der Waals surface area contributed by atoms with Gasteiger partial charge in [-0.2, -0.15) is 0 Å². The third-order valence-corrected chi connectivity index (χ3v) is 2.43. The lowest BCUT2D eigenvalue weighted by atomic mass is 10.2. The van der Waals surface area contributed by atoms with Crippen LogP contribution in [-0.2, 0) is 0 Å². The predicted molar refractivity (Wildman–Crippen MR) is 71.3 cm³/mol. The molecule has 116 valence electrons. The van der Waals surface area contributed by atoms with Crippen LogP contribution < -0.4 is 21.1 Å². The summed E-state index contributed by atoms with van der Waals surface area (Å²) in [6, 6.07) is 3.46. The lowest BCUT2D eigenvalue weighted by Gasteiger charge is -2.16. The fraction of sp³-hybridized carbons (Fsp3) is 0.333. The summed E-state index contributed by atoms with van der Waals surface area (Å²) in [5.41, 5.74) is 5.56. The molecule has 0 fully saturated rings. The van der Waals surface area contributed by atoms with Crippen molar-refractivity contribution in [1.29, 1.82) is 5.41 Å². The van der Waals surface area contributed by atoms with Crippen molar-refractivity contribution >= 4 is 17.6 Å².